The highest BCUT2D eigenvalue weighted by Crippen LogP contribution is 2.26. The average molecular weight is 293 g/mol. The highest BCUT2D eigenvalue weighted by Gasteiger charge is 2.13. The maximum Gasteiger partial charge on any atom is 0.319 e. The second-order valence-electron chi connectivity index (χ2n) is 4.20. The molecule has 1 rings (SSSR count). The first-order valence-corrected chi connectivity index (χ1v) is 6.12. The highest BCUT2D eigenvalue weighted by atomic mass is 35.5. The summed E-state index contributed by atoms with van der Waals surface area (Å²) in [5, 5.41) is 13.2. The molecule has 1 atom stereocenters. The van der Waals surface area contributed by atoms with Crippen LogP contribution in [0.2, 0.25) is 5.02 Å². The molecule has 0 radical (unpaired) electrons. The predicted molar refractivity (Wildman–Crippen MR) is 69.3 cm³/mol. The zero-order valence-corrected chi connectivity index (χ0v) is 11.1. The molecule has 1 aromatic rings. The largest absolute Gasteiger partial charge is 0.396 e. The molecule has 0 aromatic heterocycles. The Hall–Kier alpha value is -1.40. The van der Waals surface area contributed by atoms with Gasteiger partial charge in [-0.15, -0.1) is 0 Å². The normalized spacial score (nSPS) is 12.1. The van der Waals surface area contributed by atoms with E-state index in [1.165, 1.54) is 0 Å². The standard InChI is InChI=1S/C12H15ClF2N2O2/c1-7(2-3-18)6-16-12(19)17-11-9(13)4-8(14)5-10(11)15/h4-5,7,18H,2-3,6H2,1H3,(H2,16,17,19). The van der Waals surface area contributed by atoms with Crippen molar-refractivity contribution in [2.24, 2.45) is 5.92 Å². The third-order valence-electron chi connectivity index (χ3n) is 2.48. The molecular formula is C12H15ClF2N2O2. The van der Waals surface area contributed by atoms with E-state index in [9.17, 15) is 13.6 Å². The van der Waals surface area contributed by atoms with Crippen molar-refractivity contribution in [2.45, 2.75) is 13.3 Å². The Labute approximate surface area is 114 Å². The van der Waals surface area contributed by atoms with E-state index >= 15 is 0 Å². The molecule has 3 N–H and O–H groups in total. The first-order chi connectivity index (χ1) is 8.93. The number of anilines is 1. The van der Waals surface area contributed by atoms with E-state index in [4.69, 9.17) is 16.7 Å². The Bertz CT molecular complexity index is 434. The van der Waals surface area contributed by atoms with Gasteiger partial charge in [-0.25, -0.2) is 13.6 Å². The van der Waals surface area contributed by atoms with Crippen LogP contribution in [-0.4, -0.2) is 24.3 Å². The van der Waals surface area contributed by atoms with Crippen molar-refractivity contribution in [1.82, 2.24) is 5.32 Å². The van der Waals surface area contributed by atoms with Gasteiger partial charge in [0.15, 0.2) is 5.82 Å². The zero-order chi connectivity index (χ0) is 14.4. The van der Waals surface area contributed by atoms with E-state index in [0.717, 1.165) is 6.07 Å². The maximum absolute atomic E-state index is 13.4. The number of amides is 2. The van der Waals surface area contributed by atoms with Crippen molar-refractivity contribution in [2.75, 3.05) is 18.5 Å². The zero-order valence-electron chi connectivity index (χ0n) is 10.3. The number of rotatable bonds is 5. The van der Waals surface area contributed by atoms with Gasteiger partial charge in [0.2, 0.25) is 0 Å². The van der Waals surface area contributed by atoms with Crippen molar-refractivity contribution >= 4 is 23.3 Å². The van der Waals surface area contributed by atoms with E-state index in [2.05, 4.69) is 10.6 Å². The fraction of sp³-hybridized carbons (Fsp3) is 0.417. The smallest absolute Gasteiger partial charge is 0.319 e. The van der Waals surface area contributed by atoms with Crippen LogP contribution >= 0.6 is 11.6 Å². The van der Waals surface area contributed by atoms with Crippen LogP contribution in [0.4, 0.5) is 19.3 Å². The molecule has 0 spiro atoms. The fourth-order valence-electron chi connectivity index (χ4n) is 1.41. The van der Waals surface area contributed by atoms with Gasteiger partial charge in [-0.05, 0) is 18.4 Å². The Morgan fingerprint density at radius 1 is 1.47 bits per heavy atom. The number of aliphatic hydroxyl groups excluding tert-OH is 1. The van der Waals surface area contributed by atoms with Crippen LogP contribution in [-0.2, 0) is 0 Å². The minimum Gasteiger partial charge on any atom is -0.396 e. The van der Waals surface area contributed by atoms with Gasteiger partial charge in [0, 0.05) is 19.2 Å². The van der Waals surface area contributed by atoms with Crippen LogP contribution in [0.3, 0.4) is 0 Å². The summed E-state index contributed by atoms with van der Waals surface area (Å²) < 4.78 is 26.2. The van der Waals surface area contributed by atoms with E-state index in [1.807, 2.05) is 6.92 Å². The Balaban J connectivity index is 2.58. The Morgan fingerprint density at radius 2 is 2.16 bits per heavy atom. The summed E-state index contributed by atoms with van der Waals surface area (Å²) in [7, 11) is 0. The van der Waals surface area contributed by atoms with E-state index in [-0.39, 0.29) is 23.2 Å². The van der Waals surface area contributed by atoms with Crippen LogP contribution in [0.1, 0.15) is 13.3 Å². The third kappa shape index (κ3) is 5.00. The quantitative estimate of drug-likeness (QED) is 0.781. The monoisotopic (exact) mass is 292 g/mol. The molecule has 0 fully saturated rings. The number of aliphatic hydroxyl groups is 1. The number of hydrogen-bond acceptors (Lipinski definition) is 2. The lowest BCUT2D eigenvalue weighted by molar-refractivity contribution is 0.243. The number of urea groups is 1. The van der Waals surface area contributed by atoms with Gasteiger partial charge < -0.3 is 15.7 Å². The second kappa shape index (κ2) is 7.25. The summed E-state index contributed by atoms with van der Waals surface area (Å²) >= 11 is 5.64. The summed E-state index contributed by atoms with van der Waals surface area (Å²) in [5.74, 6) is -1.67. The topological polar surface area (TPSA) is 61.4 Å². The Kier molecular flexibility index (Phi) is 5.98. The molecular weight excluding hydrogens is 278 g/mol. The summed E-state index contributed by atoms with van der Waals surface area (Å²) in [6, 6.07) is 0.905. The molecule has 1 unspecified atom stereocenters. The fourth-order valence-corrected chi connectivity index (χ4v) is 1.65. The second-order valence-corrected chi connectivity index (χ2v) is 4.60. The molecule has 0 aliphatic rings. The van der Waals surface area contributed by atoms with Gasteiger partial charge in [0.05, 0.1) is 10.7 Å². The molecule has 2 amide bonds. The lowest BCUT2D eigenvalue weighted by Gasteiger charge is -2.13. The molecule has 19 heavy (non-hydrogen) atoms. The van der Waals surface area contributed by atoms with Crippen LogP contribution in [0.25, 0.3) is 0 Å². The Morgan fingerprint density at radius 3 is 2.74 bits per heavy atom. The van der Waals surface area contributed by atoms with Crippen LogP contribution in [0, 0.1) is 17.6 Å². The summed E-state index contributed by atoms with van der Waals surface area (Å²) in [5.41, 5.74) is -0.268. The van der Waals surface area contributed by atoms with Crippen molar-refractivity contribution in [3.8, 4) is 0 Å². The molecule has 0 bridgehead atoms. The van der Waals surface area contributed by atoms with E-state index in [1.54, 1.807) is 0 Å². The molecule has 0 saturated carbocycles. The lowest BCUT2D eigenvalue weighted by atomic mass is 10.1. The molecule has 7 heteroatoms. The summed E-state index contributed by atoms with van der Waals surface area (Å²) in [6.45, 7) is 2.21. The van der Waals surface area contributed by atoms with Gasteiger partial charge in [0.25, 0.3) is 0 Å². The highest BCUT2D eigenvalue weighted by molar-refractivity contribution is 6.33. The molecule has 0 aliphatic carbocycles. The first kappa shape index (κ1) is 15.7. The van der Waals surface area contributed by atoms with Gasteiger partial charge in [-0.2, -0.15) is 0 Å². The van der Waals surface area contributed by atoms with Crippen molar-refractivity contribution in [3.63, 3.8) is 0 Å². The van der Waals surface area contributed by atoms with Crippen molar-refractivity contribution < 1.29 is 18.7 Å². The molecule has 0 saturated heterocycles. The molecule has 0 heterocycles. The number of carbonyl (C=O) groups excluding carboxylic acids is 1. The number of halogens is 3. The van der Waals surface area contributed by atoms with Gasteiger partial charge >= 0.3 is 6.03 Å². The minimum atomic E-state index is -0.941. The number of hydrogen-bond donors (Lipinski definition) is 3. The number of carbonyl (C=O) groups is 1. The third-order valence-corrected chi connectivity index (χ3v) is 2.78. The van der Waals surface area contributed by atoms with Crippen molar-refractivity contribution in [3.05, 3.63) is 28.8 Å². The van der Waals surface area contributed by atoms with Crippen molar-refractivity contribution in [1.29, 1.82) is 0 Å². The number of benzene rings is 1. The van der Waals surface area contributed by atoms with Gasteiger partial charge in [-0.1, -0.05) is 18.5 Å². The van der Waals surface area contributed by atoms with Crippen LogP contribution in [0.15, 0.2) is 12.1 Å². The lowest BCUT2D eigenvalue weighted by Crippen LogP contribution is -2.33. The van der Waals surface area contributed by atoms with Gasteiger partial charge in [-0.3, -0.25) is 0 Å². The summed E-state index contributed by atoms with van der Waals surface area (Å²) in [4.78, 5) is 11.5. The predicted octanol–water partition coefficient (Wildman–Crippen LogP) is 2.76. The molecule has 0 aliphatic heterocycles. The SMILES string of the molecule is CC(CCO)CNC(=O)Nc1c(F)cc(F)cc1Cl. The summed E-state index contributed by atoms with van der Waals surface area (Å²) in [6.07, 6.45) is 0.548. The van der Waals surface area contributed by atoms with Crippen LogP contribution in [0.5, 0.6) is 0 Å². The number of nitrogens with one attached hydrogen (secondary N) is 2. The van der Waals surface area contributed by atoms with Gasteiger partial charge in [0.1, 0.15) is 5.82 Å². The molecule has 1 aromatic carbocycles. The van der Waals surface area contributed by atoms with E-state index in [0.29, 0.717) is 19.0 Å². The average Bonchev–Trinajstić information content (AvgIpc) is 2.31. The first-order valence-electron chi connectivity index (χ1n) is 5.74. The maximum atomic E-state index is 13.4. The molecule has 4 nitrogen and oxygen atoms in total. The minimum absolute atomic E-state index is 0.0306. The van der Waals surface area contributed by atoms with E-state index < -0.39 is 17.7 Å². The van der Waals surface area contributed by atoms with Crippen LogP contribution < -0.4 is 10.6 Å². The molecule has 106 valence electrons.